The Morgan fingerprint density at radius 3 is 2.44 bits per heavy atom. The summed E-state index contributed by atoms with van der Waals surface area (Å²) < 4.78 is 0. The molecule has 2 radical (unpaired) electrons. The van der Waals surface area contributed by atoms with Crippen molar-refractivity contribution in [3.05, 3.63) is 36.4 Å². The van der Waals surface area contributed by atoms with E-state index >= 15 is 0 Å². The number of hydrogen-bond acceptors (Lipinski definition) is 2. The van der Waals surface area contributed by atoms with Crippen LogP contribution in [0.3, 0.4) is 0 Å². The minimum Gasteiger partial charge on any atom is -0.305 e. The van der Waals surface area contributed by atoms with E-state index in [0.29, 0.717) is 5.79 Å². The molecular formula is C15H24N2Si. The molecule has 0 atom stereocenters. The van der Waals surface area contributed by atoms with Crippen LogP contribution in [0.2, 0.25) is 0 Å². The molecule has 0 amide bonds. The lowest BCUT2D eigenvalue weighted by Crippen LogP contribution is -2.50. The number of rotatable bonds is 9. The van der Waals surface area contributed by atoms with Crippen LogP contribution in [0.4, 0.5) is 0 Å². The lowest BCUT2D eigenvalue weighted by molar-refractivity contribution is 0.527. The SMILES string of the molecule is C=Cc1cccc([Si]C(NCCC)NCCC)c1. The molecule has 0 aliphatic carbocycles. The summed E-state index contributed by atoms with van der Waals surface area (Å²) in [4.78, 5) is 0. The monoisotopic (exact) mass is 260 g/mol. The third kappa shape index (κ3) is 5.62. The first-order chi connectivity index (χ1) is 8.80. The predicted octanol–water partition coefficient (Wildman–Crippen LogP) is 1.94. The second-order valence-electron chi connectivity index (χ2n) is 4.32. The molecular weight excluding hydrogens is 236 g/mol. The molecule has 0 heterocycles. The van der Waals surface area contributed by atoms with E-state index in [1.165, 1.54) is 23.6 Å². The van der Waals surface area contributed by atoms with Crippen molar-refractivity contribution in [2.24, 2.45) is 0 Å². The molecule has 1 aromatic rings. The van der Waals surface area contributed by atoms with Crippen molar-refractivity contribution in [3.8, 4) is 0 Å². The molecule has 0 fully saturated rings. The quantitative estimate of drug-likeness (QED) is 0.524. The Bertz CT molecular complexity index is 344. The number of benzene rings is 1. The molecule has 98 valence electrons. The van der Waals surface area contributed by atoms with Crippen LogP contribution in [-0.4, -0.2) is 28.4 Å². The van der Waals surface area contributed by atoms with E-state index in [0.717, 1.165) is 22.6 Å². The molecule has 1 rings (SSSR count). The van der Waals surface area contributed by atoms with E-state index < -0.39 is 0 Å². The van der Waals surface area contributed by atoms with Crippen molar-refractivity contribution in [2.45, 2.75) is 32.5 Å². The summed E-state index contributed by atoms with van der Waals surface area (Å²) in [6.45, 7) is 10.4. The van der Waals surface area contributed by atoms with Crippen molar-refractivity contribution >= 4 is 20.8 Å². The fourth-order valence-electron chi connectivity index (χ4n) is 1.67. The third-order valence-corrected chi connectivity index (χ3v) is 3.97. The highest BCUT2D eigenvalue weighted by molar-refractivity contribution is 6.55. The zero-order valence-corrected chi connectivity index (χ0v) is 12.5. The minimum absolute atomic E-state index is 0.393. The Hall–Kier alpha value is -0.903. The normalized spacial score (nSPS) is 10.8. The van der Waals surface area contributed by atoms with Gasteiger partial charge < -0.3 is 10.6 Å². The fraction of sp³-hybridized carbons (Fsp3) is 0.467. The van der Waals surface area contributed by atoms with Crippen molar-refractivity contribution in [2.75, 3.05) is 13.1 Å². The van der Waals surface area contributed by atoms with Gasteiger partial charge in [0.15, 0.2) is 0 Å². The first-order valence-electron chi connectivity index (χ1n) is 6.76. The van der Waals surface area contributed by atoms with Crippen LogP contribution in [0.5, 0.6) is 0 Å². The highest BCUT2D eigenvalue weighted by atomic mass is 28.2. The Balaban J connectivity index is 2.59. The Morgan fingerprint density at radius 2 is 1.89 bits per heavy atom. The highest BCUT2D eigenvalue weighted by Gasteiger charge is 2.08. The predicted molar refractivity (Wildman–Crippen MR) is 82.3 cm³/mol. The van der Waals surface area contributed by atoms with Crippen molar-refractivity contribution in [1.82, 2.24) is 10.6 Å². The lowest BCUT2D eigenvalue weighted by atomic mass is 10.2. The molecule has 0 saturated carbocycles. The average molecular weight is 260 g/mol. The van der Waals surface area contributed by atoms with E-state index in [9.17, 15) is 0 Å². The Morgan fingerprint density at radius 1 is 1.22 bits per heavy atom. The molecule has 3 heteroatoms. The summed E-state index contributed by atoms with van der Waals surface area (Å²) in [6.07, 6.45) is 4.24. The van der Waals surface area contributed by atoms with E-state index in [1.807, 2.05) is 6.08 Å². The summed E-state index contributed by atoms with van der Waals surface area (Å²) in [5.41, 5.74) is 1.20. The Labute approximate surface area is 114 Å². The average Bonchev–Trinajstić information content (AvgIpc) is 2.42. The van der Waals surface area contributed by atoms with Crippen LogP contribution in [0.15, 0.2) is 30.8 Å². The van der Waals surface area contributed by atoms with Gasteiger partial charge in [-0.3, -0.25) is 0 Å². The van der Waals surface area contributed by atoms with Crippen LogP contribution in [0.25, 0.3) is 6.08 Å². The van der Waals surface area contributed by atoms with Crippen molar-refractivity contribution < 1.29 is 0 Å². The topological polar surface area (TPSA) is 24.1 Å². The van der Waals surface area contributed by atoms with Gasteiger partial charge in [0.1, 0.15) is 9.52 Å². The molecule has 0 aromatic heterocycles. The zero-order chi connectivity index (χ0) is 13.2. The van der Waals surface area contributed by atoms with E-state index in [4.69, 9.17) is 0 Å². The van der Waals surface area contributed by atoms with Gasteiger partial charge in [-0.05, 0) is 31.5 Å². The molecule has 2 N–H and O–H groups in total. The lowest BCUT2D eigenvalue weighted by Gasteiger charge is -2.19. The molecule has 2 nitrogen and oxygen atoms in total. The number of hydrogen-bond donors (Lipinski definition) is 2. The summed E-state index contributed by atoms with van der Waals surface area (Å²) in [6, 6.07) is 8.62. The van der Waals surface area contributed by atoms with Crippen molar-refractivity contribution in [3.63, 3.8) is 0 Å². The maximum Gasteiger partial charge on any atom is 0.122 e. The molecule has 1 aromatic carbocycles. The van der Waals surface area contributed by atoms with E-state index in [2.05, 4.69) is 55.3 Å². The van der Waals surface area contributed by atoms with Crippen LogP contribution in [0, 0.1) is 0 Å². The number of nitrogens with one attached hydrogen (secondary N) is 2. The minimum atomic E-state index is 0.393. The fourth-order valence-corrected chi connectivity index (χ4v) is 2.94. The molecule has 0 bridgehead atoms. The van der Waals surface area contributed by atoms with Crippen LogP contribution < -0.4 is 15.8 Å². The van der Waals surface area contributed by atoms with Crippen LogP contribution in [0.1, 0.15) is 32.3 Å². The van der Waals surface area contributed by atoms with Gasteiger partial charge in [-0.2, -0.15) is 0 Å². The maximum atomic E-state index is 3.82. The second kappa shape index (κ2) is 9.08. The van der Waals surface area contributed by atoms with Crippen LogP contribution in [-0.2, 0) is 0 Å². The first kappa shape index (κ1) is 15.2. The zero-order valence-electron chi connectivity index (χ0n) is 11.5. The van der Waals surface area contributed by atoms with Gasteiger partial charge in [0.2, 0.25) is 0 Å². The van der Waals surface area contributed by atoms with Crippen molar-refractivity contribution in [1.29, 1.82) is 0 Å². The van der Waals surface area contributed by atoms with Gasteiger partial charge in [-0.25, -0.2) is 0 Å². The maximum absolute atomic E-state index is 3.82. The smallest absolute Gasteiger partial charge is 0.122 e. The van der Waals surface area contributed by atoms with Gasteiger partial charge >= 0.3 is 0 Å². The second-order valence-corrected chi connectivity index (χ2v) is 5.76. The third-order valence-electron chi connectivity index (χ3n) is 2.63. The van der Waals surface area contributed by atoms with Gasteiger partial charge in [-0.15, -0.1) is 0 Å². The standard InChI is InChI=1S/C15H24N2Si/c1-4-10-16-15(17-11-5-2)18-14-9-7-8-13(6-3)12-14/h6-9,12,15-17H,3-5,10-11H2,1-2H3. The largest absolute Gasteiger partial charge is 0.305 e. The summed E-state index contributed by atoms with van der Waals surface area (Å²) in [5.74, 6) is 0.393. The summed E-state index contributed by atoms with van der Waals surface area (Å²) in [7, 11) is 0.745. The summed E-state index contributed by atoms with van der Waals surface area (Å²) in [5, 5.41) is 8.51. The van der Waals surface area contributed by atoms with Crippen LogP contribution >= 0.6 is 0 Å². The van der Waals surface area contributed by atoms with Gasteiger partial charge in [-0.1, -0.05) is 56.0 Å². The van der Waals surface area contributed by atoms with Gasteiger partial charge in [0.05, 0.1) is 0 Å². The van der Waals surface area contributed by atoms with Gasteiger partial charge in [0.25, 0.3) is 0 Å². The first-order valence-corrected chi connectivity index (χ1v) is 7.83. The molecule has 0 aliphatic heterocycles. The molecule has 18 heavy (non-hydrogen) atoms. The highest BCUT2D eigenvalue weighted by Crippen LogP contribution is 1.97. The molecule has 0 aliphatic rings. The Kier molecular flexibility index (Phi) is 7.65. The summed E-state index contributed by atoms with van der Waals surface area (Å²) >= 11 is 0. The molecule has 0 saturated heterocycles. The van der Waals surface area contributed by atoms with E-state index in [1.54, 1.807) is 0 Å². The molecule has 0 unspecified atom stereocenters. The molecule has 0 spiro atoms. The van der Waals surface area contributed by atoms with E-state index in [-0.39, 0.29) is 0 Å². The van der Waals surface area contributed by atoms with Gasteiger partial charge in [0, 0.05) is 5.79 Å².